The van der Waals surface area contributed by atoms with E-state index < -0.39 is 11.1 Å². The molecule has 0 aromatic rings. The largest absolute Gasteiger partial charge is 0.462 e. The van der Waals surface area contributed by atoms with E-state index in [2.05, 4.69) is 10.8 Å². The predicted molar refractivity (Wildman–Crippen MR) is 73.5 cm³/mol. The average molecular weight is 276 g/mol. The van der Waals surface area contributed by atoms with E-state index in [4.69, 9.17) is 4.74 Å². The van der Waals surface area contributed by atoms with Crippen molar-refractivity contribution in [3.05, 3.63) is 12.2 Å². The van der Waals surface area contributed by atoms with Crippen LogP contribution in [0.15, 0.2) is 12.2 Å². The Labute approximate surface area is 112 Å². The van der Waals surface area contributed by atoms with Gasteiger partial charge in [-0.25, -0.2) is 9.00 Å². The summed E-state index contributed by atoms with van der Waals surface area (Å²) in [5, 5.41) is 0. The van der Waals surface area contributed by atoms with Crippen molar-refractivity contribution < 1.29 is 17.9 Å². The van der Waals surface area contributed by atoms with Crippen LogP contribution >= 0.6 is 0 Å². The highest BCUT2D eigenvalue weighted by Gasteiger charge is 2.01. The van der Waals surface area contributed by atoms with E-state index in [0.717, 1.165) is 38.5 Å². The van der Waals surface area contributed by atoms with E-state index >= 15 is 0 Å². The lowest BCUT2D eigenvalue weighted by atomic mass is 10.1. The first-order valence-corrected chi connectivity index (χ1v) is 7.57. The lowest BCUT2D eigenvalue weighted by molar-refractivity contribution is -0.139. The number of carbonyl (C=O) groups is 1. The second-order valence-electron chi connectivity index (χ2n) is 4.21. The van der Waals surface area contributed by atoms with Crippen LogP contribution in [0.2, 0.25) is 0 Å². The predicted octanol–water partition coefficient (Wildman–Crippen LogP) is 2.76. The average Bonchev–Trinajstić information content (AvgIpc) is 2.35. The van der Waals surface area contributed by atoms with Crippen LogP contribution in [0.1, 0.15) is 45.4 Å². The minimum atomic E-state index is -1.11. The molecule has 4 nitrogen and oxygen atoms in total. The molecule has 0 N–H and O–H groups in total. The maximum absolute atomic E-state index is 11.0. The molecule has 0 spiro atoms. The fraction of sp³-hybridized carbons (Fsp3) is 0.769. The van der Waals surface area contributed by atoms with Crippen molar-refractivity contribution in [3.63, 3.8) is 0 Å². The zero-order valence-electron chi connectivity index (χ0n) is 11.4. The SMILES string of the molecule is C=C(C)C(=O)OCCCCCCCCS(=O)OC. The van der Waals surface area contributed by atoms with Gasteiger partial charge < -0.3 is 4.74 Å². The number of rotatable bonds is 11. The van der Waals surface area contributed by atoms with Crippen LogP contribution in [0.3, 0.4) is 0 Å². The standard InChI is InChI=1S/C13H24O4S/c1-12(2)13(14)17-10-8-6-4-5-7-9-11-18(15)16-3/h1,4-11H2,2-3H3. The fourth-order valence-corrected chi connectivity index (χ4v) is 2.01. The molecule has 1 atom stereocenters. The van der Waals surface area contributed by atoms with Gasteiger partial charge >= 0.3 is 5.97 Å². The van der Waals surface area contributed by atoms with Gasteiger partial charge in [-0.05, 0) is 19.8 Å². The van der Waals surface area contributed by atoms with Gasteiger partial charge in [0, 0.05) is 11.3 Å². The van der Waals surface area contributed by atoms with Crippen LogP contribution in [0.5, 0.6) is 0 Å². The van der Waals surface area contributed by atoms with Crippen LogP contribution in [0, 0.1) is 0 Å². The maximum atomic E-state index is 11.0. The summed E-state index contributed by atoms with van der Waals surface area (Å²) < 4.78 is 20.6. The van der Waals surface area contributed by atoms with Crippen molar-refractivity contribution in [2.45, 2.75) is 45.4 Å². The summed E-state index contributed by atoms with van der Waals surface area (Å²) in [5.41, 5.74) is 0.446. The lowest BCUT2D eigenvalue weighted by Crippen LogP contribution is -2.06. The second kappa shape index (κ2) is 11.4. The van der Waals surface area contributed by atoms with Gasteiger partial charge in [0.15, 0.2) is 11.1 Å². The van der Waals surface area contributed by atoms with Gasteiger partial charge in [0.2, 0.25) is 0 Å². The summed E-state index contributed by atoms with van der Waals surface area (Å²) in [7, 11) is 1.46. The quantitative estimate of drug-likeness (QED) is 0.331. The van der Waals surface area contributed by atoms with Gasteiger partial charge in [-0.2, -0.15) is 0 Å². The molecule has 1 unspecified atom stereocenters. The van der Waals surface area contributed by atoms with Crippen molar-refractivity contribution in [2.75, 3.05) is 19.5 Å². The van der Waals surface area contributed by atoms with E-state index in [1.165, 1.54) is 7.11 Å². The van der Waals surface area contributed by atoms with Crippen LogP contribution in [-0.4, -0.2) is 29.6 Å². The normalized spacial score (nSPS) is 12.1. The molecule has 0 bridgehead atoms. The molecule has 18 heavy (non-hydrogen) atoms. The van der Waals surface area contributed by atoms with Crippen LogP contribution < -0.4 is 0 Å². The van der Waals surface area contributed by atoms with Crippen molar-refractivity contribution in [1.29, 1.82) is 0 Å². The Hall–Kier alpha value is -0.680. The number of hydrogen-bond donors (Lipinski definition) is 0. The number of esters is 1. The Kier molecular flexibility index (Phi) is 11.0. The van der Waals surface area contributed by atoms with Gasteiger partial charge in [-0.15, -0.1) is 0 Å². The van der Waals surface area contributed by atoms with Gasteiger partial charge in [0.1, 0.15) is 0 Å². The smallest absolute Gasteiger partial charge is 0.333 e. The molecule has 0 saturated heterocycles. The van der Waals surface area contributed by atoms with Crippen LogP contribution in [0.4, 0.5) is 0 Å². The second-order valence-corrected chi connectivity index (χ2v) is 5.56. The Bertz CT molecular complexity index is 276. The van der Waals surface area contributed by atoms with Gasteiger partial charge in [-0.1, -0.05) is 32.3 Å². The number of hydrogen-bond acceptors (Lipinski definition) is 4. The lowest BCUT2D eigenvalue weighted by Gasteiger charge is -2.04. The molecule has 0 rings (SSSR count). The molecular weight excluding hydrogens is 252 g/mol. The number of carbonyl (C=O) groups excluding carboxylic acids is 1. The first-order chi connectivity index (χ1) is 8.57. The summed E-state index contributed by atoms with van der Waals surface area (Å²) in [6.07, 6.45) is 6.19. The van der Waals surface area contributed by atoms with Gasteiger partial charge in [-0.3, -0.25) is 4.18 Å². The first-order valence-electron chi connectivity index (χ1n) is 6.33. The molecule has 0 aliphatic rings. The summed E-state index contributed by atoms with van der Waals surface area (Å²) in [5.74, 6) is 0.309. The first kappa shape index (κ1) is 17.3. The van der Waals surface area contributed by atoms with E-state index in [-0.39, 0.29) is 5.97 Å². The van der Waals surface area contributed by atoms with E-state index in [1.54, 1.807) is 6.92 Å². The Balaban J connectivity index is 3.19. The van der Waals surface area contributed by atoms with Crippen molar-refractivity contribution in [2.24, 2.45) is 0 Å². The summed E-state index contributed by atoms with van der Waals surface area (Å²) in [6, 6.07) is 0. The highest BCUT2D eigenvalue weighted by molar-refractivity contribution is 7.80. The minimum absolute atomic E-state index is 0.308. The topological polar surface area (TPSA) is 52.6 Å². The molecule has 0 heterocycles. The summed E-state index contributed by atoms with van der Waals surface area (Å²) >= 11 is -1.11. The van der Waals surface area contributed by atoms with E-state index in [1.807, 2.05) is 0 Å². The number of unbranched alkanes of at least 4 members (excludes halogenated alkanes) is 5. The molecule has 0 aliphatic carbocycles. The molecule has 0 aromatic heterocycles. The van der Waals surface area contributed by atoms with Gasteiger partial charge in [0.05, 0.1) is 13.7 Å². The maximum Gasteiger partial charge on any atom is 0.333 e. The van der Waals surface area contributed by atoms with Crippen molar-refractivity contribution >= 4 is 17.0 Å². The van der Waals surface area contributed by atoms with Crippen LogP contribution in [0.25, 0.3) is 0 Å². The third kappa shape index (κ3) is 10.5. The highest BCUT2D eigenvalue weighted by atomic mass is 32.2. The van der Waals surface area contributed by atoms with E-state index in [9.17, 15) is 9.00 Å². The Morgan fingerprint density at radius 1 is 1.11 bits per heavy atom. The zero-order chi connectivity index (χ0) is 13.8. The monoisotopic (exact) mass is 276 g/mol. The molecule has 0 aliphatic heterocycles. The van der Waals surface area contributed by atoms with Crippen LogP contribution in [-0.2, 0) is 24.8 Å². The molecule has 0 amide bonds. The van der Waals surface area contributed by atoms with Crippen molar-refractivity contribution in [1.82, 2.24) is 0 Å². The Morgan fingerprint density at radius 2 is 1.67 bits per heavy atom. The summed E-state index contributed by atoms with van der Waals surface area (Å²) in [4.78, 5) is 11.0. The fourth-order valence-electron chi connectivity index (χ4n) is 1.40. The molecular formula is C13H24O4S. The Morgan fingerprint density at radius 3 is 2.22 bits per heavy atom. The zero-order valence-corrected chi connectivity index (χ0v) is 12.2. The molecule has 0 saturated carbocycles. The number of ether oxygens (including phenoxy) is 1. The molecule has 5 heteroatoms. The summed E-state index contributed by atoms with van der Waals surface area (Å²) in [6.45, 7) is 5.63. The highest BCUT2D eigenvalue weighted by Crippen LogP contribution is 2.06. The van der Waals surface area contributed by atoms with Crippen molar-refractivity contribution in [3.8, 4) is 0 Å². The molecule has 0 fully saturated rings. The molecule has 106 valence electrons. The van der Waals surface area contributed by atoms with E-state index in [0.29, 0.717) is 17.9 Å². The van der Waals surface area contributed by atoms with Gasteiger partial charge in [0.25, 0.3) is 0 Å². The minimum Gasteiger partial charge on any atom is -0.462 e. The third-order valence-corrected chi connectivity index (χ3v) is 3.47. The third-order valence-electron chi connectivity index (χ3n) is 2.47. The molecule has 0 aromatic carbocycles. The molecule has 0 radical (unpaired) electrons.